The van der Waals surface area contributed by atoms with E-state index in [0.717, 1.165) is 29.9 Å². The molecule has 24 heavy (non-hydrogen) atoms. The number of hydrogen-bond donors (Lipinski definition) is 0. The Bertz CT molecular complexity index is 538. The third-order valence-electron chi connectivity index (χ3n) is 5.89. The molecular weight excluding hydrogens is 294 g/mol. The predicted molar refractivity (Wildman–Crippen MR) is 102 cm³/mol. The van der Waals surface area contributed by atoms with Gasteiger partial charge >= 0.3 is 0 Å². The first-order valence-corrected chi connectivity index (χ1v) is 9.98. The quantitative estimate of drug-likeness (QED) is 0.632. The maximum Gasteiger partial charge on any atom is 0.216 e. The highest BCUT2D eigenvalue weighted by Crippen LogP contribution is 2.37. The Labute approximate surface area is 147 Å². The Hall–Kier alpha value is -1.31. The third-order valence-corrected chi connectivity index (χ3v) is 5.89. The van der Waals surface area contributed by atoms with Crippen molar-refractivity contribution in [2.45, 2.75) is 77.7 Å². The van der Waals surface area contributed by atoms with Crippen LogP contribution in [0.5, 0.6) is 0 Å². The van der Waals surface area contributed by atoms with E-state index in [1.165, 1.54) is 50.5 Å². The largest absolute Gasteiger partial charge is 0.475 e. The van der Waals surface area contributed by atoms with Gasteiger partial charge in [0, 0.05) is 5.56 Å². The lowest BCUT2D eigenvalue weighted by Crippen LogP contribution is -2.13. The van der Waals surface area contributed by atoms with Crippen LogP contribution in [-0.4, -0.2) is 18.5 Å². The zero-order valence-corrected chi connectivity index (χ0v) is 15.6. The molecule has 132 valence electrons. The lowest BCUT2D eigenvalue weighted by Gasteiger charge is -2.28. The van der Waals surface area contributed by atoms with E-state index < -0.39 is 0 Å². The molecule has 0 N–H and O–H groups in total. The van der Waals surface area contributed by atoms with Crippen molar-refractivity contribution < 1.29 is 4.74 Å². The second-order valence-corrected chi connectivity index (χ2v) is 8.04. The number of nitrogens with zero attached hydrogens (tertiary/aromatic N) is 1. The van der Waals surface area contributed by atoms with Crippen molar-refractivity contribution in [2.75, 3.05) is 6.61 Å². The van der Waals surface area contributed by atoms with E-state index in [0.29, 0.717) is 12.0 Å². The molecule has 0 amide bonds. The summed E-state index contributed by atoms with van der Waals surface area (Å²) in [5.74, 6) is 3.12. The van der Waals surface area contributed by atoms with Gasteiger partial charge in [0.2, 0.25) is 5.90 Å². The van der Waals surface area contributed by atoms with Crippen LogP contribution in [0.2, 0.25) is 0 Å². The van der Waals surface area contributed by atoms with Crippen molar-refractivity contribution in [3.63, 3.8) is 0 Å². The maximum absolute atomic E-state index is 5.80. The number of rotatable bonds is 6. The first-order chi connectivity index (χ1) is 11.7. The maximum atomic E-state index is 5.80. The Morgan fingerprint density at radius 1 is 1.08 bits per heavy atom. The Balaban J connectivity index is 1.57. The summed E-state index contributed by atoms with van der Waals surface area (Å²) in [5, 5.41) is 0. The van der Waals surface area contributed by atoms with Crippen LogP contribution in [-0.2, 0) is 4.74 Å². The molecule has 3 rings (SSSR count). The second-order valence-electron chi connectivity index (χ2n) is 8.04. The molecule has 0 radical (unpaired) electrons. The van der Waals surface area contributed by atoms with Crippen molar-refractivity contribution in [3.05, 3.63) is 35.4 Å². The Kier molecular flexibility index (Phi) is 5.97. The summed E-state index contributed by atoms with van der Waals surface area (Å²) in [4.78, 5) is 4.73. The summed E-state index contributed by atoms with van der Waals surface area (Å²) in [6, 6.07) is 9.35. The van der Waals surface area contributed by atoms with Gasteiger partial charge in [-0.15, -0.1) is 0 Å². The first-order valence-electron chi connectivity index (χ1n) is 9.98. The number of aliphatic imine (C=N–C) groups is 1. The van der Waals surface area contributed by atoms with Gasteiger partial charge in [0.1, 0.15) is 6.61 Å². The number of unbranched alkanes of at least 4 members (excludes halogenated alkanes) is 1. The number of hydrogen-bond acceptors (Lipinski definition) is 2. The molecule has 0 spiro atoms. The van der Waals surface area contributed by atoms with Gasteiger partial charge in [-0.25, -0.2) is 4.99 Å². The van der Waals surface area contributed by atoms with Crippen molar-refractivity contribution in [2.24, 2.45) is 16.8 Å². The van der Waals surface area contributed by atoms with Crippen LogP contribution >= 0.6 is 0 Å². The standard InChI is InChI=1S/C22H33NO/c1-4-5-6-17-7-9-18(10-8-17)19-11-13-20(14-12-19)22-23-21(15-24-22)16(2)3/h11-14,16-18,21H,4-10,15H2,1-3H3/t17-,18-,21-/m1/s1. The minimum Gasteiger partial charge on any atom is -0.475 e. The van der Waals surface area contributed by atoms with Crippen LogP contribution in [0.1, 0.15) is 82.8 Å². The van der Waals surface area contributed by atoms with Crippen LogP contribution in [0.15, 0.2) is 29.3 Å². The highest BCUT2D eigenvalue weighted by molar-refractivity contribution is 5.95. The molecule has 0 aromatic heterocycles. The van der Waals surface area contributed by atoms with Gasteiger partial charge in [0.05, 0.1) is 6.04 Å². The summed E-state index contributed by atoms with van der Waals surface area (Å²) in [5.41, 5.74) is 2.64. The monoisotopic (exact) mass is 327 g/mol. The summed E-state index contributed by atoms with van der Waals surface area (Å²) < 4.78 is 5.80. The topological polar surface area (TPSA) is 21.6 Å². The summed E-state index contributed by atoms with van der Waals surface area (Å²) in [7, 11) is 0. The lowest BCUT2D eigenvalue weighted by atomic mass is 9.77. The molecule has 0 bridgehead atoms. The Morgan fingerprint density at radius 3 is 2.38 bits per heavy atom. The van der Waals surface area contributed by atoms with E-state index in [1.54, 1.807) is 0 Å². The van der Waals surface area contributed by atoms with Gasteiger partial charge in [0.25, 0.3) is 0 Å². The van der Waals surface area contributed by atoms with Crippen molar-refractivity contribution >= 4 is 5.90 Å². The average molecular weight is 328 g/mol. The van der Waals surface area contributed by atoms with Crippen molar-refractivity contribution in [1.29, 1.82) is 0 Å². The molecule has 1 heterocycles. The van der Waals surface area contributed by atoms with Crippen LogP contribution in [0.4, 0.5) is 0 Å². The molecule has 2 heteroatoms. The van der Waals surface area contributed by atoms with Crippen LogP contribution < -0.4 is 0 Å². The zero-order valence-electron chi connectivity index (χ0n) is 15.6. The summed E-state index contributed by atoms with van der Waals surface area (Å²) in [6.45, 7) is 7.45. The van der Waals surface area contributed by atoms with Crippen LogP contribution in [0, 0.1) is 11.8 Å². The van der Waals surface area contributed by atoms with Gasteiger partial charge in [-0.05, 0) is 61.1 Å². The molecule has 2 aliphatic rings. The van der Waals surface area contributed by atoms with Crippen molar-refractivity contribution in [1.82, 2.24) is 0 Å². The molecule has 1 aliphatic carbocycles. The fourth-order valence-electron chi connectivity index (χ4n) is 4.06. The molecule has 2 nitrogen and oxygen atoms in total. The van der Waals surface area contributed by atoms with E-state index >= 15 is 0 Å². The molecule has 0 saturated heterocycles. The highest BCUT2D eigenvalue weighted by Gasteiger charge is 2.24. The lowest BCUT2D eigenvalue weighted by molar-refractivity contribution is 0.292. The van der Waals surface area contributed by atoms with Crippen LogP contribution in [0.3, 0.4) is 0 Å². The van der Waals surface area contributed by atoms with E-state index in [9.17, 15) is 0 Å². The summed E-state index contributed by atoms with van der Waals surface area (Å²) >= 11 is 0. The SMILES string of the molecule is CCCC[C@H]1CC[C@H](c2ccc(C3=N[C@@H](C(C)C)CO3)cc2)CC1. The highest BCUT2D eigenvalue weighted by atomic mass is 16.5. The van der Waals surface area contributed by atoms with E-state index in [4.69, 9.17) is 9.73 Å². The fourth-order valence-corrected chi connectivity index (χ4v) is 4.06. The predicted octanol–water partition coefficient (Wildman–Crippen LogP) is 5.95. The van der Waals surface area contributed by atoms with E-state index in [2.05, 4.69) is 45.0 Å². The molecular formula is C22H33NO. The smallest absolute Gasteiger partial charge is 0.216 e. The molecule has 1 fully saturated rings. The molecule has 1 atom stereocenters. The fraction of sp³-hybridized carbons (Fsp3) is 0.682. The molecule has 1 aromatic carbocycles. The van der Waals surface area contributed by atoms with Gasteiger partial charge in [-0.2, -0.15) is 0 Å². The summed E-state index contributed by atoms with van der Waals surface area (Å²) in [6.07, 6.45) is 9.74. The molecule has 1 aliphatic heterocycles. The van der Waals surface area contributed by atoms with Gasteiger partial charge < -0.3 is 4.74 Å². The minimum absolute atomic E-state index is 0.318. The molecule has 1 saturated carbocycles. The van der Waals surface area contributed by atoms with E-state index in [1.807, 2.05) is 0 Å². The Morgan fingerprint density at radius 2 is 1.79 bits per heavy atom. The second kappa shape index (κ2) is 8.18. The first kappa shape index (κ1) is 17.5. The molecule has 0 unspecified atom stereocenters. The van der Waals surface area contributed by atoms with E-state index in [-0.39, 0.29) is 0 Å². The number of benzene rings is 1. The van der Waals surface area contributed by atoms with Gasteiger partial charge in [0.15, 0.2) is 0 Å². The molecule has 1 aromatic rings. The number of ether oxygens (including phenoxy) is 1. The average Bonchev–Trinajstić information content (AvgIpc) is 3.11. The van der Waals surface area contributed by atoms with Crippen molar-refractivity contribution in [3.8, 4) is 0 Å². The third kappa shape index (κ3) is 4.20. The minimum atomic E-state index is 0.318. The zero-order chi connectivity index (χ0) is 16.9. The normalized spacial score (nSPS) is 27.2. The van der Waals surface area contributed by atoms with Gasteiger partial charge in [-0.1, -0.05) is 52.2 Å². The van der Waals surface area contributed by atoms with Gasteiger partial charge in [-0.3, -0.25) is 0 Å². The van der Waals surface area contributed by atoms with Crippen LogP contribution in [0.25, 0.3) is 0 Å².